The van der Waals surface area contributed by atoms with E-state index >= 15 is 0 Å². The van der Waals surface area contributed by atoms with E-state index < -0.39 is 11.4 Å². The molecular weight excluding hydrogens is 367 g/mol. The molecule has 0 saturated heterocycles. The summed E-state index contributed by atoms with van der Waals surface area (Å²) in [6.45, 7) is 11.6. The van der Waals surface area contributed by atoms with Gasteiger partial charge in [-0.1, -0.05) is 27.7 Å². The monoisotopic (exact) mass is 402 g/mol. The quantitative estimate of drug-likeness (QED) is 0.646. The predicted octanol–water partition coefficient (Wildman–Crippen LogP) is 5.70. The number of aliphatic hydroxyl groups is 1. The lowest BCUT2D eigenvalue weighted by Crippen LogP contribution is -2.26. The normalized spacial score (nSPS) is 16.8. The average molecular weight is 403 g/mol. The van der Waals surface area contributed by atoms with Crippen LogP contribution in [0.3, 0.4) is 0 Å². The van der Waals surface area contributed by atoms with Gasteiger partial charge in [-0.05, 0) is 62.6 Å². The van der Waals surface area contributed by atoms with Crippen molar-refractivity contribution in [1.29, 1.82) is 0 Å². The third-order valence-electron chi connectivity index (χ3n) is 6.57. The number of benzene rings is 1. The minimum Gasteiger partial charge on any atom is -0.386 e. The topological polar surface area (TPSA) is 55.1 Å². The summed E-state index contributed by atoms with van der Waals surface area (Å²) in [4.78, 5) is 17.2. The van der Waals surface area contributed by atoms with Crippen LogP contribution in [0.2, 0.25) is 0 Å². The Morgan fingerprint density at radius 2 is 1.93 bits per heavy atom. The van der Waals surface area contributed by atoms with E-state index in [0.29, 0.717) is 30.0 Å². The van der Waals surface area contributed by atoms with E-state index in [1.54, 1.807) is 13.8 Å². The largest absolute Gasteiger partial charge is 0.386 e. The standard InChI is InChI=1S/C24H35FN2O2/c1-15(23(2,3)4)20(28)11-8-12-21-26-22-18(25)13-16(24(5,6)29)14-19(22)27(21)17-9-7-10-17/h13-15,17,29H,7-12H2,1-6H3/t15-/m1/s1. The Balaban J connectivity index is 1.88. The fraction of sp³-hybridized carbons (Fsp3) is 0.667. The van der Waals surface area contributed by atoms with Gasteiger partial charge in [-0.3, -0.25) is 4.79 Å². The number of aryl methyl sites for hydroxylation is 1. The van der Waals surface area contributed by atoms with Crippen molar-refractivity contribution in [1.82, 2.24) is 9.55 Å². The highest BCUT2D eigenvalue weighted by molar-refractivity contribution is 5.81. The highest BCUT2D eigenvalue weighted by Gasteiger charge is 2.29. The fourth-order valence-electron chi connectivity index (χ4n) is 3.90. The van der Waals surface area contributed by atoms with Crippen molar-refractivity contribution in [2.75, 3.05) is 0 Å². The summed E-state index contributed by atoms with van der Waals surface area (Å²) in [5.74, 6) is 0.753. The Hall–Kier alpha value is -1.75. The number of ketones is 1. The molecule has 1 saturated carbocycles. The molecule has 0 aliphatic heterocycles. The molecule has 1 heterocycles. The van der Waals surface area contributed by atoms with Crippen LogP contribution in [0.1, 0.15) is 91.1 Å². The van der Waals surface area contributed by atoms with Crippen LogP contribution in [0, 0.1) is 17.2 Å². The first-order valence-corrected chi connectivity index (χ1v) is 10.9. The van der Waals surface area contributed by atoms with Gasteiger partial charge in [0.15, 0.2) is 5.82 Å². The zero-order chi connectivity index (χ0) is 21.6. The molecule has 1 aromatic carbocycles. The second-order valence-corrected chi connectivity index (χ2v) is 10.3. The molecular formula is C24H35FN2O2. The van der Waals surface area contributed by atoms with Gasteiger partial charge in [0.1, 0.15) is 17.1 Å². The van der Waals surface area contributed by atoms with Crippen molar-refractivity contribution in [3.05, 3.63) is 29.3 Å². The smallest absolute Gasteiger partial charge is 0.151 e. The van der Waals surface area contributed by atoms with Crippen molar-refractivity contribution >= 4 is 16.8 Å². The van der Waals surface area contributed by atoms with Crippen molar-refractivity contribution in [2.45, 2.75) is 91.7 Å². The van der Waals surface area contributed by atoms with Gasteiger partial charge in [0.2, 0.25) is 0 Å². The first-order chi connectivity index (χ1) is 13.4. The molecule has 1 N–H and O–H groups in total. The Morgan fingerprint density at radius 3 is 2.45 bits per heavy atom. The molecule has 2 aromatic rings. The number of carbonyl (C=O) groups excluding carboxylic acids is 1. The van der Waals surface area contributed by atoms with E-state index in [-0.39, 0.29) is 17.1 Å². The van der Waals surface area contributed by atoms with E-state index in [4.69, 9.17) is 0 Å². The van der Waals surface area contributed by atoms with Crippen molar-refractivity contribution < 1.29 is 14.3 Å². The lowest BCUT2D eigenvalue weighted by Gasteiger charge is -2.30. The molecule has 1 atom stereocenters. The van der Waals surface area contributed by atoms with E-state index in [2.05, 4.69) is 30.3 Å². The van der Waals surface area contributed by atoms with Gasteiger partial charge in [-0.15, -0.1) is 0 Å². The summed E-state index contributed by atoms with van der Waals surface area (Å²) in [7, 11) is 0. The van der Waals surface area contributed by atoms with Gasteiger partial charge in [-0.2, -0.15) is 0 Å². The zero-order valence-electron chi connectivity index (χ0n) is 18.7. The second kappa shape index (κ2) is 7.82. The van der Waals surface area contributed by atoms with Crippen LogP contribution in [0.15, 0.2) is 12.1 Å². The number of Topliss-reactive ketones (excluding diaryl/α,β-unsaturated/α-hetero) is 1. The molecule has 1 aliphatic rings. The second-order valence-electron chi connectivity index (χ2n) is 10.3. The van der Waals surface area contributed by atoms with Gasteiger partial charge >= 0.3 is 0 Å². The Kier molecular flexibility index (Phi) is 5.92. The number of rotatable bonds is 7. The molecule has 0 unspecified atom stereocenters. The molecule has 29 heavy (non-hydrogen) atoms. The van der Waals surface area contributed by atoms with Crippen molar-refractivity contribution in [3.63, 3.8) is 0 Å². The van der Waals surface area contributed by atoms with Crippen LogP contribution in [-0.2, 0) is 16.8 Å². The van der Waals surface area contributed by atoms with E-state index in [9.17, 15) is 14.3 Å². The lowest BCUT2D eigenvalue weighted by atomic mass is 9.78. The Morgan fingerprint density at radius 1 is 1.28 bits per heavy atom. The Labute approximate surface area is 173 Å². The fourth-order valence-corrected chi connectivity index (χ4v) is 3.90. The molecule has 1 aromatic heterocycles. The summed E-state index contributed by atoms with van der Waals surface area (Å²) < 4.78 is 17.0. The minimum absolute atomic E-state index is 0.0136. The first-order valence-electron chi connectivity index (χ1n) is 10.9. The highest BCUT2D eigenvalue weighted by atomic mass is 19.1. The third kappa shape index (κ3) is 4.55. The van der Waals surface area contributed by atoms with Gasteiger partial charge in [0.25, 0.3) is 0 Å². The van der Waals surface area contributed by atoms with Gasteiger partial charge in [-0.25, -0.2) is 9.37 Å². The molecule has 1 aliphatic carbocycles. The van der Waals surface area contributed by atoms with E-state index in [0.717, 1.165) is 30.6 Å². The predicted molar refractivity (Wildman–Crippen MR) is 114 cm³/mol. The summed E-state index contributed by atoms with van der Waals surface area (Å²) in [5.41, 5.74) is 0.542. The number of carbonyl (C=O) groups is 1. The summed E-state index contributed by atoms with van der Waals surface area (Å²) in [6, 6.07) is 3.59. The van der Waals surface area contributed by atoms with Gasteiger partial charge in [0, 0.05) is 24.8 Å². The SMILES string of the molecule is C[C@H](C(=O)CCCc1nc2c(F)cc(C(C)(C)O)cc2n1C1CCC1)C(C)(C)C. The Bertz CT molecular complexity index is 898. The molecule has 3 rings (SSSR count). The average Bonchev–Trinajstić information content (AvgIpc) is 2.90. The van der Waals surface area contributed by atoms with E-state index in [1.807, 2.05) is 13.0 Å². The molecule has 0 amide bonds. The lowest BCUT2D eigenvalue weighted by molar-refractivity contribution is -0.125. The number of aromatic nitrogens is 2. The van der Waals surface area contributed by atoms with Crippen LogP contribution in [0.5, 0.6) is 0 Å². The molecule has 160 valence electrons. The highest BCUT2D eigenvalue weighted by Crippen LogP contribution is 2.38. The molecule has 1 fully saturated rings. The molecule has 0 radical (unpaired) electrons. The molecule has 4 nitrogen and oxygen atoms in total. The first kappa shape index (κ1) is 21.9. The van der Waals surface area contributed by atoms with Crippen LogP contribution >= 0.6 is 0 Å². The summed E-state index contributed by atoms with van der Waals surface area (Å²) in [6.07, 6.45) is 5.18. The van der Waals surface area contributed by atoms with Gasteiger partial charge in [0.05, 0.1) is 11.1 Å². The number of imidazole rings is 1. The summed E-state index contributed by atoms with van der Waals surface area (Å²) >= 11 is 0. The molecule has 0 spiro atoms. The van der Waals surface area contributed by atoms with Crippen molar-refractivity contribution in [3.8, 4) is 0 Å². The van der Waals surface area contributed by atoms with Crippen LogP contribution < -0.4 is 0 Å². The van der Waals surface area contributed by atoms with Gasteiger partial charge < -0.3 is 9.67 Å². The maximum atomic E-state index is 14.8. The van der Waals surface area contributed by atoms with Crippen molar-refractivity contribution in [2.24, 2.45) is 11.3 Å². The minimum atomic E-state index is -1.11. The summed E-state index contributed by atoms with van der Waals surface area (Å²) in [5, 5.41) is 10.4. The number of fused-ring (bicyclic) bond motifs is 1. The third-order valence-corrected chi connectivity index (χ3v) is 6.57. The maximum Gasteiger partial charge on any atom is 0.151 e. The van der Waals surface area contributed by atoms with E-state index in [1.165, 1.54) is 12.5 Å². The maximum absolute atomic E-state index is 14.8. The zero-order valence-corrected chi connectivity index (χ0v) is 18.7. The van der Waals surface area contributed by atoms with Crippen LogP contribution in [0.25, 0.3) is 11.0 Å². The molecule has 5 heteroatoms. The number of nitrogens with zero attached hydrogens (tertiary/aromatic N) is 2. The number of halogens is 1. The molecule has 0 bridgehead atoms. The van der Waals surface area contributed by atoms with Crippen LogP contribution in [-0.4, -0.2) is 20.4 Å². The number of hydrogen-bond donors (Lipinski definition) is 1. The van der Waals surface area contributed by atoms with Crippen LogP contribution in [0.4, 0.5) is 4.39 Å². The number of hydrogen-bond acceptors (Lipinski definition) is 3.